The van der Waals surface area contributed by atoms with Gasteiger partial charge >= 0.3 is 0 Å². The number of nitrogens with zero attached hydrogens (tertiary/aromatic N) is 2. The quantitative estimate of drug-likeness (QED) is 0.600. The number of benzene rings is 2. The Kier molecular flexibility index (Phi) is 4.60. The molecule has 2 aromatic carbocycles. The lowest BCUT2D eigenvalue weighted by Crippen LogP contribution is -2.32. The summed E-state index contributed by atoms with van der Waals surface area (Å²) >= 11 is 0. The Morgan fingerprint density at radius 2 is 1.93 bits per heavy atom. The third-order valence-corrected chi connectivity index (χ3v) is 5.50. The van der Waals surface area contributed by atoms with Crippen LogP contribution in [0.1, 0.15) is 38.3 Å². The number of rotatable bonds is 3. The van der Waals surface area contributed by atoms with Crippen LogP contribution in [0.5, 0.6) is 11.5 Å². The molecule has 3 aromatic rings. The number of aromatic nitrogens is 1. The molecule has 0 unspecified atom stereocenters. The predicted octanol–water partition coefficient (Wildman–Crippen LogP) is 4.67. The number of ether oxygens (including phenoxy) is 2. The van der Waals surface area contributed by atoms with Crippen LogP contribution in [-0.4, -0.2) is 22.4 Å². The molecule has 2 aliphatic heterocycles. The van der Waals surface area contributed by atoms with Gasteiger partial charge in [-0.05, 0) is 37.6 Å². The molecule has 5 heteroatoms. The zero-order valence-corrected chi connectivity index (χ0v) is 17.0. The fourth-order valence-electron chi connectivity index (χ4n) is 3.95. The second kappa shape index (κ2) is 7.43. The molecule has 5 rings (SSSR count). The van der Waals surface area contributed by atoms with E-state index in [1.807, 2.05) is 31.2 Å². The number of ketones is 1. The molecule has 0 fully saturated rings. The van der Waals surface area contributed by atoms with E-state index < -0.39 is 0 Å². The predicted molar refractivity (Wildman–Crippen MR) is 114 cm³/mol. The highest BCUT2D eigenvalue weighted by Gasteiger charge is 2.33. The summed E-state index contributed by atoms with van der Waals surface area (Å²) in [5.41, 5.74) is 5.66. The van der Waals surface area contributed by atoms with Crippen molar-refractivity contribution in [3.63, 3.8) is 0 Å². The van der Waals surface area contributed by atoms with Crippen LogP contribution >= 0.6 is 0 Å². The van der Waals surface area contributed by atoms with E-state index in [9.17, 15) is 4.79 Å². The Labute approximate surface area is 175 Å². The van der Waals surface area contributed by atoms with Crippen molar-refractivity contribution in [1.82, 2.24) is 9.88 Å². The molecule has 5 nitrogen and oxygen atoms in total. The first-order valence-corrected chi connectivity index (χ1v) is 10.0. The van der Waals surface area contributed by atoms with Gasteiger partial charge in [0.2, 0.25) is 5.78 Å². The largest absolute Gasteiger partial charge is 0.477 e. The number of fused-ring (bicyclic) bond motifs is 2. The number of carbonyl (C=O) groups excluding carboxylic acids is 1. The Balaban J connectivity index is 1.42. The maximum absolute atomic E-state index is 13.0. The monoisotopic (exact) mass is 398 g/mol. The molecule has 0 saturated carbocycles. The van der Waals surface area contributed by atoms with Crippen LogP contribution in [0.15, 0.2) is 60.5 Å². The van der Waals surface area contributed by atoms with Gasteiger partial charge in [0.1, 0.15) is 18.2 Å². The summed E-state index contributed by atoms with van der Waals surface area (Å²) < 4.78 is 12.0. The van der Waals surface area contributed by atoms with E-state index in [0.29, 0.717) is 29.5 Å². The van der Waals surface area contributed by atoms with E-state index in [-0.39, 0.29) is 5.78 Å². The van der Waals surface area contributed by atoms with Gasteiger partial charge in [-0.2, -0.15) is 0 Å². The molecule has 0 atom stereocenters. The molecule has 0 spiro atoms. The van der Waals surface area contributed by atoms with Gasteiger partial charge in [0.25, 0.3) is 0 Å². The fourth-order valence-corrected chi connectivity index (χ4v) is 3.95. The average Bonchev–Trinajstić information content (AvgIpc) is 3.06. The Hall–Kier alpha value is -3.44. The summed E-state index contributed by atoms with van der Waals surface area (Å²) in [5.74, 6) is 1.59. The zero-order chi connectivity index (χ0) is 20.7. The van der Waals surface area contributed by atoms with Gasteiger partial charge < -0.3 is 9.47 Å². The third-order valence-electron chi connectivity index (χ3n) is 5.50. The maximum atomic E-state index is 13.0. The molecular weight excluding hydrogens is 376 g/mol. The summed E-state index contributed by atoms with van der Waals surface area (Å²) in [6.07, 6.45) is 3.38. The summed E-state index contributed by atoms with van der Waals surface area (Å²) in [5, 5.41) is 0. The minimum absolute atomic E-state index is 0.114. The first-order chi connectivity index (χ1) is 14.6. The molecule has 3 heterocycles. The van der Waals surface area contributed by atoms with E-state index >= 15 is 0 Å². The van der Waals surface area contributed by atoms with Crippen LogP contribution < -0.4 is 9.47 Å². The van der Waals surface area contributed by atoms with Crippen molar-refractivity contribution in [3.05, 3.63) is 94.0 Å². The molecule has 0 bridgehead atoms. The van der Waals surface area contributed by atoms with E-state index in [2.05, 4.69) is 41.1 Å². The van der Waals surface area contributed by atoms with Crippen LogP contribution in [0, 0.1) is 13.8 Å². The molecule has 0 aliphatic carbocycles. The van der Waals surface area contributed by atoms with Gasteiger partial charge in [0.05, 0.1) is 11.3 Å². The molecule has 150 valence electrons. The molecule has 0 amide bonds. The van der Waals surface area contributed by atoms with Crippen LogP contribution in [0.3, 0.4) is 0 Å². The van der Waals surface area contributed by atoms with E-state index in [1.54, 1.807) is 12.3 Å². The number of pyridine rings is 1. The molecular formula is C25H22N2O3. The van der Waals surface area contributed by atoms with Crippen molar-refractivity contribution in [2.24, 2.45) is 0 Å². The van der Waals surface area contributed by atoms with Crippen molar-refractivity contribution >= 4 is 11.9 Å². The Morgan fingerprint density at radius 1 is 1.10 bits per heavy atom. The number of hydrogen-bond donors (Lipinski definition) is 0. The Morgan fingerprint density at radius 3 is 2.70 bits per heavy atom. The highest BCUT2D eigenvalue weighted by atomic mass is 16.5. The fraction of sp³-hybridized carbons (Fsp3) is 0.200. The second-order valence-electron chi connectivity index (χ2n) is 7.81. The summed E-state index contributed by atoms with van der Waals surface area (Å²) in [7, 11) is 0. The van der Waals surface area contributed by atoms with Gasteiger partial charge in [-0.25, -0.2) is 0 Å². The number of aryl methyl sites for hydroxylation is 1. The van der Waals surface area contributed by atoms with Gasteiger partial charge in [0.15, 0.2) is 5.76 Å². The molecule has 1 aromatic heterocycles. The van der Waals surface area contributed by atoms with Gasteiger partial charge in [-0.15, -0.1) is 0 Å². The van der Waals surface area contributed by atoms with Gasteiger partial charge in [-0.1, -0.05) is 35.9 Å². The molecule has 0 radical (unpaired) electrons. The number of allylic oxidation sites excluding steroid dienone is 1. The SMILES string of the molecule is Cc1ccc(CN2COc3c(cc4c(c3C)O/C(=C\c3ccccn3)C4=O)C2)cc1. The van der Waals surface area contributed by atoms with E-state index in [4.69, 9.17) is 9.47 Å². The third kappa shape index (κ3) is 3.37. The molecule has 0 saturated heterocycles. The normalized spacial score (nSPS) is 16.7. The zero-order valence-electron chi connectivity index (χ0n) is 17.0. The molecule has 2 aliphatic rings. The minimum atomic E-state index is -0.114. The summed E-state index contributed by atoms with van der Waals surface area (Å²) in [6, 6.07) is 16.0. The van der Waals surface area contributed by atoms with E-state index in [1.165, 1.54) is 11.1 Å². The topological polar surface area (TPSA) is 51.7 Å². The minimum Gasteiger partial charge on any atom is -0.477 e. The number of carbonyl (C=O) groups is 1. The smallest absolute Gasteiger partial charge is 0.232 e. The van der Waals surface area contributed by atoms with Crippen LogP contribution in [0.2, 0.25) is 0 Å². The first-order valence-electron chi connectivity index (χ1n) is 10.0. The lowest BCUT2D eigenvalue weighted by Gasteiger charge is -2.30. The molecule has 0 N–H and O–H groups in total. The van der Waals surface area contributed by atoms with E-state index in [0.717, 1.165) is 30.0 Å². The number of Topliss-reactive ketones (excluding diaryl/α,β-unsaturated/α-hetero) is 1. The van der Waals surface area contributed by atoms with Crippen molar-refractivity contribution in [1.29, 1.82) is 0 Å². The van der Waals surface area contributed by atoms with Crippen molar-refractivity contribution in [3.8, 4) is 11.5 Å². The van der Waals surface area contributed by atoms with Gasteiger partial charge in [-0.3, -0.25) is 14.7 Å². The number of hydrogen-bond acceptors (Lipinski definition) is 5. The Bertz CT molecular complexity index is 1150. The highest BCUT2D eigenvalue weighted by molar-refractivity contribution is 6.15. The lowest BCUT2D eigenvalue weighted by atomic mass is 10.00. The average molecular weight is 398 g/mol. The van der Waals surface area contributed by atoms with Crippen molar-refractivity contribution in [2.45, 2.75) is 26.9 Å². The van der Waals surface area contributed by atoms with Crippen LogP contribution in [-0.2, 0) is 13.1 Å². The first kappa shape index (κ1) is 18.6. The summed E-state index contributed by atoms with van der Waals surface area (Å²) in [6.45, 7) is 6.06. The maximum Gasteiger partial charge on any atom is 0.232 e. The standard InChI is InChI=1S/C25H22N2O3/c1-16-6-8-18(9-7-16)13-27-14-19-11-21-23(28)22(12-20-5-3-4-10-26-20)30-25(21)17(2)24(19)29-15-27/h3-12H,13-15H2,1-2H3/b22-12-. The van der Waals surface area contributed by atoms with Crippen LogP contribution in [0.4, 0.5) is 0 Å². The van der Waals surface area contributed by atoms with Crippen molar-refractivity contribution in [2.75, 3.05) is 6.73 Å². The lowest BCUT2D eigenvalue weighted by molar-refractivity contribution is 0.0876. The van der Waals surface area contributed by atoms with Crippen molar-refractivity contribution < 1.29 is 14.3 Å². The molecule has 30 heavy (non-hydrogen) atoms. The summed E-state index contributed by atoms with van der Waals surface area (Å²) in [4.78, 5) is 19.4. The van der Waals surface area contributed by atoms with Crippen LogP contribution in [0.25, 0.3) is 6.08 Å². The second-order valence-corrected chi connectivity index (χ2v) is 7.81. The van der Waals surface area contributed by atoms with Gasteiger partial charge in [0, 0.05) is 36.5 Å². The highest BCUT2D eigenvalue weighted by Crippen LogP contribution is 2.43.